The highest BCUT2D eigenvalue weighted by molar-refractivity contribution is 5.52. The Hall–Kier alpha value is -2.75. The predicted octanol–water partition coefficient (Wildman–Crippen LogP) is 1.14. The lowest BCUT2D eigenvalue weighted by atomic mass is 9.89. The van der Waals surface area contributed by atoms with Crippen molar-refractivity contribution in [2.75, 3.05) is 13.7 Å². The first-order valence-electron chi connectivity index (χ1n) is 5.44. The molecule has 1 aromatic rings. The number of methoxy groups -OCH3 is 1. The van der Waals surface area contributed by atoms with Gasteiger partial charge in [-0.05, 0) is 18.2 Å². The zero-order valence-electron chi connectivity index (χ0n) is 10.1. The fourth-order valence-electron chi connectivity index (χ4n) is 1.99. The Morgan fingerprint density at radius 2 is 2.37 bits per heavy atom. The Morgan fingerprint density at radius 1 is 1.63 bits per heavy atom. The average molecular weight is 261 g/mol. The first-order chi connectivity index (χ1) is 9.06. The molecule has 1 aromatic carbocycles. The number of hydrogen-bond donors (Lipinski definition) is 1. The summed E-state index contributed by atoms with van der Waals surface area (Å²) in [7, 11) is 1.49. The Kier molecular flexibility index (Phi) is 3.25. The van der Waals surface area contributed by atoms with E-state index in [0.29, 0.717) is 17.1 Å². The topological polar surface area (TPSA) is 111 Å². The molecule has 2 rings (SSSR count). The molecule has 0 radical (unpaired) electrons. The summed E-state index contributed by atoms with van der Waals surface area (Å²) in [5.74, 6) is 0.128. The second kappa shape index (κ2) is 4.86. The SMILES string of the molecule is COc1ccc2c(c1)[C@@H](C[N+](=O)[O-])C(C#N)=C(N)O2. The quantitative estimate of drug-likeness (QED) is 0.645. The number of ether oxygens (including phenoxy) is 2. The second-order valence-electron chi connectivity index (χ2n) is 3.96. The highest BCUT2D eigenvalue weighted by atomic mass is 16.6. The van der Waals surface area contributed by atoms with Crippen LogP contribution >= 0.6 is 0 Å². The maximum atomic E-state index is 10.8. The van der Waals surface area contributed by atoms with Crippen molar-refractivity contribution in [3.05, 3.63) is 45.3 Å². The number of rotatable bonds is 3. The van der Waals surface area contributed by atoms with Gasteiger partial charge in [0.15, 0.2) is 0 Å². The minimum Gasteiger partial charge on any atom is -0.497 e. The molecular weight excluding hydrogens is 250 g/mol. The highest BCUT2D eigenvalue weighted by Gasteiger charge is 2.33. The summed E-state index contributed by atoms with van der Waals surface area (Å²) in [5, 5.41) is 19.8. The molecule has 98 valence electrons. The Bertz CT molecular complexity index is 603. The first-order valence-corrected chi connectivity index (χ1v) is 5.44. The van der Waals surface area contributed by atoms with E-state index in [1.54, 1.807) is 18.2 Å². The molecule has 0 saturated heterocycles. The lowest BCUT2D eigenvalue weighted by molar-refractivity contribution is -0.482. The van der Waals surface area contributed by atoms with Crippen LogP contribution in [0.3, 0.4) is 0 Å². The van der Waals surface area contributed by atoms with E-state index >= 15 is 0 Å². The van der Waals surface area contributed by atoms with Crippen molar-refractivity contribution in [1.29, 1.82) is 5.26 Å². The van der Waals surface area contributed by atoms with Crippen molar-refractivity contribution in [1.82, 2.24) is 0 Å². The van der Waals surface area contributed by atoms with Gasteiger partial charge in [0.1, 0.15) is 23.1 Å². The van der Waals surface area contributed by atoms with Crippen LogP contribution in [0.2, 0.25) is 0 Å². The van der Waals surface area contributed by atoms with Crippen LogP contribution in [0.1, 0.15) is 11.5 Å². The predicted molar refractivity (Wildman–Crippen MR) is 65.1 cm³/mol. The van der Waals surface area contributed by atoms with Crippen LogP contribution in [0.25, 0.3) is 0 Å². The van der Waals surface area contributed by atoms with Gasteiger partial charge in [-0.2, -0.15) is 5.26 Å². The first kappa shape index (κ1) is 12.7. The number of fused-ring (bicyclic) bond motifs is 1. The Labute approximate surface area is 109 Å². The van der Waals surface area contributed by atoms with Gasteiger partial charge < -0.3 is 15.2 Å². The summed E-state index contributed by atoms with van der Waals surface area (Å²) in [6.07, 6.45) is 0. The van der Waals surface area contributed by atoms with Crippen LogP contribution in [0, 0.1) is 21.4 Å². The number of nitrogens with zero attached hydrogens (tertiary/aromatic N) is 2. The van der Waals surface area contributed by atoms with Gasteiger partial charge in [0.05, 0.1) is 13.0 Å². The molecular formula is C12H11N3O4. The molecule has 2 N–H and O–H groups in total. The number of nitro groups is 1. The molecule has 1 aliphatic rings. The van der Waals surface area contributed by atoms with E-state index < -0.39 is 17.4 Å². The molecule has 0 aliphatic carbocycles. The molecule has 0 bridgehead atoms. The molecule has 0 amide bonds. The smallest absolute Gasteiger partial charge is 0.215 e. The van der Waals surface area contributed by atoms with Gasteiger partial charge in [-0.15, -0.1) is 0 Å². The number of nitrogens with two attached hydrogens (primary N) is 1. The van der Waals surface area contributed by atoms with Gasteiger partial charge in [-0.1, -0.05) is 0 Å². The summed E-state index contributed by atoms with van der Waals surface area (Å²) >= 11 is 0. The maximum absolute atomic E-state index is 10.8. The molecule has 7 nitrogen and oxygen atoms in total. The molecule has 0 spiro atoms. The molecule has 7 heteroatoms. The van der Waals surface area contributed by atoms with Gasteiger partial charge in [0.2, 0.25) is 12.4 Å². The van der Waals surface area contributed by atoms with Crippen molar-refractivity contribution in [3.8, 4) is 17.6 Å². The van der Waals surface area contributed by atoms with Crippen LogP contribution in [0.5, 0.6) is 11.5 Å². The van der Waals surface area contributed by atoms with Crippen LogP contribution < -0.4 is 15.2 Å². The molecule has 0 aromatic heterocycles. The van der Waals surface area contributed by atoms with Crippen molar-refractivity contribution in [2.24, 2.45) is 5.73 Å². The summed E-state index contributed by atoms with van der Waals surface area (Å²) in [6, 6.07) is 6.76. The van der Waals surface area contributed by atoms with Gasteiger partial charge in [-0.25, -0.2) is 0 Å². The number of benzene rings is 1. The van der Waals surface area contributed by atoms with Gasteiger partial charge in [0, 0.05) is 10.5 Å². The lowest BCUT2D eigenvalue weighted by Gasteiger charge is -2.23. The number of hydrogen-bond acceptors (Lipinski definition) is 6. The minimum absolute atomic E-state index is 0.0671. The summed E-state index contributed by atoms with van der Waals surface area (Å²) in [4.78, 5) is 10.3. The summed E-state index contributed by atoms with van der Waals surface area (Å²) in [5.41, 5.74) is 6.22. The standard InChI is InChI=1S/C12H11N3O4/c1-18-7-2-3-11-8(4-7)10(6-15(16)17)9(5-13)12(14)19-11/h2-4,10H,6,14H2,1H3/t10-/m1/s1. The van der Waals surface area contributed by atoms with E-state index in [9.17, 15) is 10.1 Å². The van der Waals surface area contributed by atoms with E-state index in [0.717, 1.165) is 0 Å². The van der Waals surface area contributed by atoms with Crippen LogP contribution in [-0.2, 0) is 0 Å². The van der Waals surface area contributed by atoms with E-state index in [4.69, 9.17) is 20.5 Å². The van der Waals surface area contributed by atoms with Gasteiger partial charge in [-0.3, -0.25) is 10.1 Å². The zero-order valence-corrected chi connectivity index (χ0v) is 10.1. The second-order valence-corrected chi connectivity index (χ2v) is 3.96. The Morgan fingerprint density at radius 3 is 2.95 bits per heavy atom. The minimum atomic E-state index is -0.723. The number of nitriles is 1. The molecule has 0 unspecified atom stereocenters. The third-order valence-electron chi connectivity index (χ3n) is 2.88. The summed E-state index contributed by atoms with van der Waals surface area (Å²) in [6.45, 7) is -0.423. The third-order valence-corrected chi connectivity index (χ3v) is 2.88. The largest absolute Gasteiger partial charge is 0.497 e. The fourth-order valence-corrected chi connectivity index (χ4v) is 1.99. The van der Waals surface area contributed by atoms with Crippen LogP contribution in [0.4, 0.5) is 0 Å². The fraction of sp³-hybridized carbons (Fsp3) is 0.250. The summed E-state index contributed by atoms with van der Waals surface area (Å²) < 4.78 is 10.4. The molecule has 1 heterocycles. The van der Waals surface area contributed by atoms with E-state index in [2.05, 4.69) is 0 Å². The van der Waals surface area contributed by atoms with E-state index in [1.165, 1.54) is 7.11 Å². The van der Waals surface area contributed by atoms with Crippen molar-refractivity contribution >= 4 is 0 Å². The molecule has 1 aliphatic heterocycles. The van der Waals surface area contributed by atoms with Gasteiger partial charge in [0.25, 0.3) is 0 Å². The van der Waals surface area contributed by atoms with Crippen molar-refractivity contribution in [3.63, 3.8) is 0 Å². The molecule has 0 saturated carbocycles. The monoisotopic (exact) mass is 261 g/mol. The van der Waals surface area contributed by atoms with Gasteiger partial charge >= 0.3 is 0 Å². The molecule has 1 atom stereocenters. The van der Waals surface area contributed by atoms with E-state index in [-0.39, 0.29) is 11.5 Å². The van der Waals surface area contributed by atoms with Crippen molar-refractivity contribution in [2.45, 2.75) is 5.92 Å². The molecule has 19 heavy (non-hydrogen) atoms. The van der Waals surface area contributed by atoms with E-state index in [1.807, 2.05) is 6.07 Å². The lowest BCUT2D eigenvalue weighted by Crippen LogP contribution is -2.24. The average Bonchev–Trinajstić information content (AvgIpc) is 2.38. The maximum Gasteiger partial charge on any atom is 0.215 e. The third kappa shape index (κ3) is 2.28. The molecule has 0 fully saturated rings. The van der Waals surface area contributed by atoms with Crippen LogP contribution in [0.15, 0.2) is 29.7 Å². The normalized spacial score (nSPS) is 17.2. The zero-order chi connectivity index (χ0) is 14.0. The Balaban J connectivity index is 2.54. The van der Waals surface area contributed by atoms with Crippen LogP contribution in [-0.4, -0.2) is 18.6 Å². The van der Waals surface area contributed by atoms with Crippen molar-refractivity contribution < 1.29 is 14.4 Å². The highest BCUT2D eigenvalue weighted by Crippen LogP contribution is 2.39.